The van der Waals surface area contributed by atoms with Crippen molar-refractivity contribution in [3.63, 3.8) is 0 Å². The van der Waals surface area contributed by atoms with Crippen LogP contribution in [0.1, 0.15) is 33.0 Å². The van der Waals surface area contributed by atoms with Crippen LogP contribution in [0.4, 0.5) is 24.8 Å². The molecule has 0 fully saturated rings. The summed E-state index contributed by atoms with van der Waals surface area (Å²) in [5, 5.41) is 12.6. The number of hydrogen-bond donors (Lipinski definition) is 2. The minimum absolute atomic E-state index is 0.109. The molecular formula is C13H21F3N4O. The molecular weight excluding hydrogens is 285 g/mol. The maximum Gasteiger partial charge on any atom is 0.451 e. The first kappa shape index (κ1) is 17.5. The number of halogens is 3. The van der Waals surface area contributed by atoms with Gasteiger partial charge in [-0.15, -0.1) is 0 Å². The number of rotatable bonds is 6. The fraction of sp³-hybridized carbons (Fsp3) is 0.692. The molecule has 2 N–H and O–H groups in total. The van der Waals surface area contributed by atoms with E-state index >= 15 is 0 Å². The topological polar surface area (TPSA) is 61.3 Å². The Balaban J connectivity index is 3.12. The van der Waals surface area contributed by atoms with E-state index in [2.05, 4.69) is 15.3 Å². The Kier molecular flexibility index (Phi) is 5.38. The average molecular weight is 306 g/mol. The molecule has 0 aliphatic rings. The Hall–Kier alpha value is -1.57. The van der Waals surface area contributed by atoms with Gasteiger partial charge in [-0.2, -0.15) is 13.2 Å². The lowest BCUT2D eigenvalue weighted by atomic mass is 10.1. The summed E-state index contributed by atoms with van der Waals surface area (Å²) in [6, 6.07) is 1.44. The third kappa shape index (κ3) is 5.74. The van der Waals surface area contributed by atoms with Gasteiger partial charge in [0.15, 0.2) is 0 Å². The van der Waals surface area contributed by atoms with E-state index in [1.165, 1.54) is 11.0 Å². The minimum atomic E-state index is -4.62. The Bertz CT molecular complexity index is 471. The van der Waals surface area contributed by atoms with Crippen molar-refractivity contribution in [1.82, 2.24) is 9.97 Å². The van der Waals surface area contributed by atoms with Gasteiger partial charge in [0.25, 0.3) is 0 Å². The smallest absolute Gasteiger partial charge is 0.389 e. The molecule has 0 radical (unpaired) electrons. The Labute approximate surface area is 122 Å². The lowest BCUT2D eigenvalue weighted by Crippen LogP contribution is -2.37. The number of nitrogens with zero attached hydrogens (tertiary/aromatic N) is 3. The average Bonchev–Trinajstić information content (AvgIpc) is 2.33. The zero-order valence-electron chi connectivity index (χ0n) is 12.6. The number of nitrogens with one attached hydrogen (secondary N) is 1. The largest absolute Gasteiger partial charge is 0.451 e. The second-order valence-corrected chi connectivity index (χ2v) is 5.53. The number of anilines is 2. The highest BCUT2D eigenvalue weighted by molar-refractivity contribution is 5.49. The molecule has 1 rings (SSSR count). The van der Waals surface area contributed by atoms with Crippen LogP contribution < -0.4 is 10.2 Å². The standard InChI is InChI=1S/C13H21F3N4O/c1-5-6-17-9-7-10(20(4)8-12(2,3)21)19-11(18-9)13(14,15)16/h7,21H,5-6,8H2,1-4H3,(H,17,18,19). The minimum Gasteiger partial charge on any atom is -0.389 e. The highest BCUT2D eigenvalue weighted by Gasteiger charge is 2.36. The number of aliphatic hydroxyl groups is 1. The third-order valence-corrected chi connectivity index (χ3v) is 2.54. The SMILES string of the molecule is CCCNc1cc(N(C)CC(C)(C)O)nc(C(F)(F)F)n1. The molecule has 8 heteroatoms. The summed E-state index contributed by atoms with van der Waals surface area (Å²) in [6.07, 6.45) is -3.85. The van der Waals surface area contributed by atoms with E-state index < -0.39 is 17.6 Å². The van der Waals surface area contributed by atoms with E-state index in [9.17, 15) is 18.3 Å². The predicted octanol–water partition coefficient (Wildman–Crippen LogP) is 2.52. The van der Waals surface area contributed by atoms with Crippen molar-refractivity contribution < 1.29 is 18.3 Å². The van der Waals surface area contributed by atoms with Gasteiger partial charge in [0, 0.05) is 26.2 Å². The molecule has 0 unspecified atom stereocenters. The summed E-state index contributed by atoms with van der Waals surface area (Å²) in [7, 11) is 1.57. The first-order valence-corrected chi connectivity index (χ1v) is 6.66. The van der Waals surface area contributed by atoms with Crippen LogP contribution in [0.25, 0.3) is 0 Å². The van der Waals surface area contributed by atoms with Crippen LogP contribution in [0.2, 0.25) is 0 Å². The zero-order chi connectivity index (χ0) is 16.3. The number of likely N-dealkylation sites (N-methyl/N-ethyl adjacent to an activating group) is 1. The first-order valence-electron chi connectivity index (χ1n) is 6.66. The molecule has 120 valence electrons. The van der Waals surface area contributed by atoms with E-state index in [0.717, 1.165) is 6.42 Å². The summed E-state index contributed by atoms with van der Waals surface area (Å²) in [5.74, 6) is -0.962. The molecule has 21 heavy (non-hydrogen) atoms. The molecule has 0 spiro atoms. The summed E-state index contributed by atoms with van der Waals surface area (Å²) >= 11 is 0. The van der Waals surface area contributed by atoms with E-state index in [1.54, 1.807) is 20.9 Å². The summed E-state index contributed by atoms with van der Waals surface area (Å²) in [5.41, 5.74) is -1.05. The second-order valence-electron chi connectivity index (χ2n) is 5.53. The molecule has 0 saturated carbocycles. The molecule has 1 aromatic heterocycles. The van der Waals surface area contributed by atoms with Gasteiger partial charge in [-0.05, 0) is 20.3 Å². The Morgan fingerprint density at radius 2 is 1.90 bits per heavy atom. The van der Waals surface area contributed by atoms with Gasteiger partial charge in [0.1, 0.15) is 11.6 Å². The monoisotopic (exact) mass is 306 g/mol. The van der Waals surface area contributed by atoms with Crippen molar-refractivity contribution in [2.24, 2.45) is 0 Å². The quantitative estimate of drug-likeness (QED) is 0.845. The van der Waals surface area contributed by atoms with Gasteiger partial charge in [0.05, 0.1) is 5.60 Å². The van der Waals surface area contributed by atoms with Crippen molar-refractivity contribution >= 4 is 11.6 Å². The van der Waals surface area contributed by atoms with Gasteiger partial charge in [-0.3, -0.25) is 0 Å². The normalized spacial score (nSPS) is 12.4. The van der Waals surface area contributed by atoms with Crippen LogP contribution in [-0.2, 0) is 6.18 Å². The molecule has 5 nitrogen and oxygen atoms in total. The number of hydrogen-bond acceptors (Lipinski definition) is 5. The van der Waals surface area contributed by atoms with Gasteiger partial charge in [-0.25, -0.2) is 9.97 Å². The second kappa shape index (κ2) is 6.46. The summed E-state index contributed by atoms with van der Waals surface area (Å²) in [4.78, 5) is 8.49. The predicted molar refractivity (Wildman–Crippen MR) is 75.4 cm³/mol. The molecule has 0 bridgehead atoms. The van der Waals surface area contributed by atoms with Gasteiger partial charge >= 0.3 is 6.18 Å². The van der Waals surface area contributed by atoms with E-state index in [1.807, 2.05) is 6.92 Å². The van der Waals surface area contributed by atoms with E-state index in [0.29, 0.717) is 6.54 Å². The molecule has 0 aromatic carbocycles. The van der Waals surface area contributed by atoms with E-state index in [-0.39, 0.29) is 18.2 Å². The first-order chi connectivity index (χ1) is 9.53. The fourth-order valence-electron chi connectivity index (χ4n) is 1.76. The maximum atomic E-state index is 12.9. The molecule has 0 saturated heterocycles. The lowest BCUT2D eigenvalue weighted by Gasteiger charge is -2.27. The lowest BCUT2D eigenvalue weighted by molar-refractivity contribution is -0.144. The van der Waals surface area contributed by atoms with Crippen LogP contribution in [0, 0.1) is 0 Å². The van der Waals surface area contributed by atoms with Gasteiger partial charge in [0.2, 0.25) is 5.82 Å². The van der Waals surface area contributed by atoms with Crippen molar-refractivity contribution in [3.8, 4) is 0 Å². The Morgan fingerprint density at radius 1 is 1.29 bits per heavy atom. The number of alkyl halides is 3. The van der Waals surface area contributed by atoms with Crippen LogP contribution in [0.5, 0.6) is 0 Å². The summed E-state index contributed by atoms with van der Waals surface area (Å²) in [6.45, 7) is 5.72. The van der Waals surface area contributed by atoms with Crippen LogP contribution >= 0.6 is 0 Å². The summed E-state index contributed by atoms with van der Waals surface area (Å²) < 4.78 is 38.6. The Morgan fingerprint density at radius 3 is 2.38 bits per heavy atom. The highest BCUT2D eigenvalue weighted by atomic mass is 19.4. The zero-order valence-corrected chi connectivity index (χ0v) is 12.6. The highest BCUT2D eigenvalue weighted by Crippen LogP contribution is 2.29. The van der Waals surface area contributed by atoms with Crippen molar-refractivity contribution in [1.29, 1.82) is 0 Å². The van der Waals surface area contributed by atoms with Crippen LogP contribution in [-0.4, -0.2) is 40.8 Å². The fourth-order valence-corrected chi connectivity index (χ4v) is 1.76. The maximum absolute atomic E-state index is 12.9. The van der Waals surface area contributed by atoms with Crippen molar-refractivity contribution in [2.45, 2.75) is 39.0 Å². The molecule has 1 heterocycles. The van der Waals surface area contributed by atoms with Crippen LogP contribution in [0.15, 0.2) is 6.07 Å². The van der Waals surface area contributed by atoms with Crippen molar-refractivity contribution in [3.05, 3.63) is 11.9 Å². The molecule has 0 aliphatic carbocycles. The third-order valence-electron chi connectivity index (χ3n) is 2.54. The number of aromatic nitrogens is 2. The van der Waals surface area contributed by atoms with Gasteiger partial charge < -0.3 is 15.3 Å². The van der Waals surface area contributed by atoms with Crippen molar-refractivity contribution in [2.75, 3.05) is 30.4 Å². The van der Waals surface area contributed by atoms with Crippen LogP contribution in [0.3, 0.4) is 0 Å². The molecule has 1 aromatic rings. The molecule has 0 atom stereocenters. The molecule has 0 aliphatic heterocycles. The molecule has 0 amide bonds. The van der Waals surface area contributed by atoms with E-state index in [4.69, 9.17) is 0 Å². The van der Waals surface area contributed by atoms with Gasteiger partial charge in [-0.1, -0.05) is 6.92 Å².